The van der Waals surface area contributed by atoms with Gasteiger partial charge >= 0.3 is 12.1 Å². The summed E-state index contributed by atoms with van der Waals surface area (Å²) < 4.78 is 4.20. The van der Waals surface area contributed by atoms with Crippen molar-refractivity contribution >= 4 is 114 Å². The Balaban J connectivity index is 0.000000157. The molecule has 0 spiro atoms. The zero-order valence-corrected chi connectivity index (χ0v) is 41.7. The second-order valence-electron chi connectivity index (χ2n) is 14.3. The number of fused-ring (bicyclic) bond motifs is 1. The summed E-state index contributed by atoms with van der Waals surface area (Å²) in [7, 11) is 0. The first-order valence-electron chi connectivity index (χ1n) is 20.6. The van der Waals surface area contributed by atoms with Gasteiger partial charge in [0, 0.05) is 79.0 Å². The quantitative estimate of drug-likeness (QED) is 0.0742. The molecule has 0 radical (unpaired) electrons. The van der Waals surface area contributed by atoms with Gasteiger partial charge in [0.15, 0.2) is 5.65 Å². The van der Waals surface area contributed by atoms with Crippen LogP contribution in [0.15, 0.2) is 173 Å². The topological polar surface area (TPSA) is 223 Å². The molecule has 6 aromatic heterocycles. The highest BCUT2D eigenvalue weighted by Crippen LogP contribution is 2.30. The highest BCUT2D eigenvalue weighted by atomic mass is 127. The van der Waals surface area contributed by atoms with Gasteiger partial charge in [-0.3, -0.25) is 9.97 Å². The number of pyridine rings is 4. The van der Waals surface area contributed by atoms with Crippen molar-refractivity contribution < 1.29 is 9.59 Å². The van der Waals surface area contributed by atoms with Gasteiger partial charge in [-0.25, -0.2) is 39.1 Å². The normalized spacial score (nSPS) is 14.2. The van der Waals surface area contributed by atoms with E-state index in [9.17, 15) is 9.59 Å². The number of carbonyl (C=O) groups is 2. The van der Waals surface area contributed by atoms with E-state index < -0.39 is 0 Å². The maximum Gasteiger partial charge on any atom is 0.342 e. The van der Waals surface area contributed by atoms with Crippen molar-refractivity contribution in [1.82, 2.24) is 44.6 Å². The molecule has 340 valence electrons. The van der Waals surface area contributed by atoms with E-state index in [0.29, 0.717) is 29.2 Å². The number of nitrogens with one attached hydrogen (secondary N) is 2. The van der Waals surface area contributed by atoms with E-state index in [1.807, 2.05) is 84.9 Å². The molecule has 4 amide bonds. The largest absolute Gasteiger partial charge is 0.399 e. The second kappa shape index (κ2) is 24.4. The van der Waals surface area contributed by atoms with Gasteiger partial charge in [-0.1, -0.05) is 60.7 Å². The summed E-state index contributed by atoms with van der Waals surface area (Å²) in [6.07, 6.45) is 14.9. The number of anilines is 4. The molecule has 2 aromatic carbocycles. The maximum absolute atomic E-state index is 12.8. The van der Waals surface area contributed by atoms with Crippen LogP contribution in [0.25, 0.3) is 5.65 Å². The summed E-state index contributed by atoms with van der Waals surface area (Å²) in [5, 5.41) is 21.4. The van der Waals surface area contributed by atoms with Gasteiger partial charge in [0.25, 0.3) is 0 Å². The smallest absolute Gasteiger partial charge is 0.342 e. The number of benzene rings is 2. The van der Waals surface area contributed by atoms with Crippen molar-refractivity contribution in [2.24, 2.45) is 10.2 Å². The number of rotatable bonds is 4. The molecule has 10 rings (SSSR count). The fraction of sp³-hybridized carbons (Fsp3) is 0.0833. The average Bonchev–Trinajstić information content (AvgIpc) is 4.14. The molecule has 2 aliphatic heterocycles. The van der Waals surface area contributed by atoms with Crippen LogP contribution < -0.4 is 22.1 Å². The number of imidazole rings is 1. The fourth-order valence-electron chi connectivity index (χ4n) is 6.42. The second-order valence-corrected chi connectivity index (χ2v) is 17.3. The molecular formula is C48H40BrI2N15O2. The minimum atomic E-state index is -0.307. The Labute approximate surface area is 427 Å². The van der Waals surface area contributed by atoms with Crippen LogP contribution in [-0.2, 0) is 0 Å². The van der Waals surface area contributed by atoms with E-state index in [4.69, 9.17) is 11.5 Å². The summed E-state index contributed by atoms with van der Waals surface area (Å²) in [5.41, 5.74) is 17.6. The Morgan fingerprint density at radius 2 is 1.15 bits per heavy atom. The zero-order chi connectivity index (χ0) is 47.7. The molecule has 0 saturated carbocycles. The first-order valence-corrected chi connectivity index (χ1v) is 23.5. The van der Waals surface area contributed by atoms with E-state index in [0.717, 1.165) is 46.6 Å². The van der Waals surface area contributed by atoms with Crippen molar-refractivity contribution in [3.8, 4) is 11.8 Å². The minimum Gasteiger partial charge on any atom is -0.399 e. The van der Waals surface area contributed by atoms with E-state index >= 15 is 0 Å². The first-order chi connectivity index (χ1) is 33.1. The van der Waals surface area contributed by atoms with Gasteiger partial charge in [-0.2, -0.15) is 15.3 Å². The number of urea groups is 2. The lowest BCUT2D eigenvalue weighted by Crippen LogP contribution is -2.31. The van der Waals surface area contributed by atoms with Crippen molar-refractivity contribution in [2.75, 3.05) is 22.1 Å². The molecule has 0 aliphatic carbocycles. The van der Waals surface area contributed by atoms with E-state index in [-0.39, 0.29) is 24.1 Å². The predicted octanol–water partition coefficient (Wildman–Crippen LogP) is 9.83. The molecule has 6 N–H and O–H groups in total. The highest BCUT2D eigenvalue weighted by Gasteiger charge is 2.29. The molecule has 0 saturated heterocycles. The molecule has 2 atom stereocenters. The van der Waals surface area contributed by atoms with E-state index in [2.05, 4.69) is 124 Å². The first kappa shape index (κ1) is 48.6. The molecular weight excluding hydrogens is 1150 g/mol. The number of carbonyl (C=O) groups excluding carboxylic acids is 2. The van der Waals surface area contributed by atoms with Crippen molar-refractivity contribution in [3.63, 3.8) is 0 Å². The summed E-state index contributed by atoms with van der Waals surface area (Å²) >= 11 is 7.39. The van der Waals surface area contributed by atoms with Crippen molar-refractivity contribution in [3.05, 3.63) is 193 Å². The fourth-order valence-corrected chi connectivity index (χ4v) is 7.82. The Morgan fingerprint density at radius 1 is 0.603 bits per heavy atom. The lowest BCUT2D eigenvalue weighted by atomic mass is 10.1. The van der Waals surface area contributed by atoms with Crippen LogP contribution in [0.5, 0.6) is 0 Å². The minimum absolute atomic E-state index is 0.0490. The summed E-state index contributed by atoms with van der Waals surface area (Å²) in [5.74, 6) is 6.03. The standard InChI is InChI=1S/C23H17N7O.C15H13IN4O.C5H5BrN2.C5H5IN2/c31-23(30-21(11-14-27-30)17-5-2-1-3-6-17)28-19-10-13-24-18(15-19)8-9-20-16-25-22-7-4-12-26-29(20)22;16-14-10-12(6-8-17-14)19-15(21)20-13(7-9-18-20)11-4-2-1-3-5-11;2*6-5-3-4(7)1-2-8-5/h1-7,10,12-16,21H,11H2,(H,24,28,31);1-6,8-10,13H,7H2,(H,17,19,21);2*1-3H,(H2,7,8). The summed E-state index contributed by atoms with van der Waals surface area (Å²) in [6.45, 7) is 0. The predicted molar refractivity (Wildman–Crippen MR) is 284 cm³/mol. The molecule has 8 aromatic rings. The van der Waals surface area contributed by atoms with Crippen LogP contribution in [0.3, 0.4) is 0 Å². The number of nitrogens with zero attached hydrogens (tertiary/aromatic N) is 11. The average molecular weight is 1190 g/mol. The molecule has 20 heteroatoms. The van der Waals surface area contributed by atoms with Gasteiger partial charge in [-0.15, -0.1) is 0 Å². The number of hydrogen-bond acceptors (Lipinski definition) is 12. The van der Waals surface area contributed by atoms with E-state index in [1.165, 1.54) is 10.0 Å². The van der Waals surface area contributed by atoms with E-state index in [1.54, 1.807) is 90.5 Å². The van der Waals surface area contributed by atoms with Crippen LogP contribution in [0.1, 0.15) is 47.4 Å². The molecule has 0 bridgehead atoms. The van der Waals surface area contributed by atoms with Gasteiger partial charge in [0.05, 0.1) is 18.3 Å². The molecule has 2 unspecified atom stereocenters. The number of hydrogen-bond donors (Lipinski definition) is 4. The van der Waals surface area contributed by atoms with Gasteiger partial charge in [0.1, 0.15) is 23.4 Å². The highest BCUT2D eigenvalue weighted by molar-refractivity contribution is 14.1. The summed E-state index contributed by atoms with van der Waals surface area (Å²) in [4.78, 5) is 45.7. The number of hydrazone groups is 2. The third-order valence-electron chi connectivity index (χ3n) is 9.53. The van der Waals surface area contributed by atoms with Crippen LogP contribution >= 0.6 is 61.1 Å². The molecule has 2 aliphatic rings. The third kappa shape index (κ3) is 14.1. The summed E-state index contributed by atoms with van der Waals surface area (Å²) in [6, 6.07) is 36.8. The number of nitrogen functional groups attached to an aromatic ring is 2. The van der Waals surface area contributed by atoms with Crippen molar-refractivity contribution in [2.45, 2.75) is 24.9 Å². The Hall–Kier alpha value is -7.36. The zero-order valence-electron chi connectivity index (χ0n) is 35.8. The third-order valence-corrected chi connectivity index (χ3v) is 11.1. The SMILES string of the molecule is Nc1ccnc(Br)c1.Nc1ccnc(I)c1.O=C(Nc1ccnc(C#Cc2cnc3cccnn23)c1)N1N=CCC1c1ccccc1.O=C(Nc1ccnc(I)c1)N1N=CCC1c1ccccc1. The van der Waals surface area contributed by atoms with Gasteiger partial charge in [0.2, 0.25) is 0 Å². The molecule has 0 fully saturated rings. The Bertz CT molecular complexity index is 3020. The number of amides is 4. The molecule has 8 heterocycles. The van der Waals surface area contributed by atoms with Crippen LogP contribution in [0.4, 0.5) is 32.3 Å². The van der Waals surface area contributed by atoms with Gasteiger partial charge in [-0.05, 0) is 145 Å². The molecule has 17 nitrogen and oxygen atoms in total. The van der Waals surface area contributed by atoms with Gasteiger partial charge < -0.3 is 22.1 Å². The van der Waals surface area contributed by atoms with Crippen LogP contribution in [0.2, 0.25) is 0 Å². The lowest BCUT2D eigenvalue weighted by Gasteiger charge is -2.22. The van der Waals surface area contributed by atoms with Crippen molar-refractivity contribution in [1.29, 1.82) is 0 Å². The molecule has 68 heavy (non-hydrogen) atoms. The monoisotopic (exact) mass is 1190 g/mol. The number of aromatic nitrogens is 7. The Morgan fingerprint density at radius 3 is 1.68 bits per heavy atom. The number of nitrogens with two attached hydrogens (primary N) is 2. The Kier molecular flexibility index (Phi) is 17.4. The van der Waals surface area contributed by atoms with Crippen LogP contribution in [0, 0.1) is 19.2 Å². The maximum atomic E-state index is 12.8. The number of halogens is 3. The van der Waals surface area contributed by atoms with Crippen LogP contribution in [-0.4, -0.2) is 69.0 Å². The lowest BCUT2D eigenvalue weighted by molar-refractivity contribution is 0.199.